The van der Waals surface area contributed by atoms with Gasteiger partial charge in [-0.1, -0.05) is 42.5 Å². The molecule has 0 aliphatic carbocycles. The fourth-order valence-corrected chi connectivity index (χ4v) is 2.90. The first-order valence-corrected chi connectivity index (χ1v) is 9.08. The maximum absolute atomic E-state index is 10.9. The van der Waals surface area contributed by atoms with E-state index in [1.165, 1.54) is 24.7 Å². The summed E-state index contributed by atoms with van der Waals surface area (Å²) in [5, 5.41) is 19.5. The van der Waals surface area contributed by atoms with Gasteiger partial charge < -0.3 is 0 Å². The van der Waals surface area contributed by atoms with E-state index in [2.05, 4.69) is 25.6 Å². The number of aryl methyl sites for hydroxylation is 1. The van der Waals surface area contributed by atoms with Crippen LogP contribution in [0.2, 0.25) is 0 Å². The summed E-state index contributed by atoms with van der Waals surface area (Å²) in [5.74, 6) is 1.05. The quantitative estimate of drug-likeness (QED) is 0.298. The summed E-state index contributed by atoms with van der Waals surface area (Å²) in [5.41, 5.74) is 6.23. The maximum atomic E-state index is 10.9. The monoisotopic (exact) mass is 399 g/mol. The van der Waals surface area contributed by atoms with Crippen LogP contribution < -0.4 is 5.43 Å². The molecule has 2 aromatic heterocycles. The van der Waals surface area contributed by atoms with Crippen molar-refractivity contribution in [2.75, 3.05) is 5.43 Å². The average Bonchev–Trinajstić information content (AvgIpc) is 3.17. The van der Waals surface area contributed by atoms with E-state index in [1.54, 1.807) is 22.9 Å². The molecule has 0 fully saturated rings. The SMILES string of the molecule is Cc1cc(-c2ccccc2)n(-c2cc(N/N=C/c3cccc([N+](=O)[O-])c3)ncn2)n1. The van der Waals surface area contributed by atoms with Gasteiger partial charge in [0, 0.05) is 29.3 Å². The molecule has 0 spiro atoms. The van der Waals surface area contributed by atoms with Gasteiger partial charge in [0.2, 0.25) is 0 Å². The number of hydrogen-bond donors (Lipinski definition) is 1. The molecule has 4 rings (SSSR count). The van der Waals surface area contributed by atoms with Gasteiger partial charge in [0.25, 0.3) is 5.69 Å². The zero-order valence-corrected chi connectivity index (χ0v) is 16.0. The summed E-state index contributed by atoms with van der Waals surface area (Å²) in [4.78, 5) is 18.9. The minimum atomic E-state index is -0.447. The molecule has 0 amide bonds. The molecule has 9 nitrogen and oxygen atoms in total. The highest BCUT2D eigenvalue weighted by Crippen LogP contribution is 2.23. The van der Waals surface area contributed by atoms with Crippen LogP contribution >= 0.6 is 0 Å². The Morgan fingerprint density at radius 1 is 1.07 bits per heavy atom. The molecule has 0 unspecified atom stereocenters. The number of nitro groups is 1. The number of nitro benzene ring substituents is 1. The van der Waals surface area contributed by atoms with Crippen LogP contribution in [0.3, 0.4) is 0 Å². The molecule has 9 heteroatoms. The Morgan fingerprint density at radius 2 is 1.90 bits per heavy atom. The van der Waals surface area contributed by atoms with E-state index in [1.807, 2.05) is 43.3 Å². The second-order valence-corrected chi connectivity index (χ2v) is 6.43. The molecule has 4 aromatic rings. The van der Waals surface area contributed by atoms with Crippen molar-refractivity contribution in [3.05, 3.63) is 94.4 Å². The Bertz CT molecular complexity index is 1220. The third kappa shape index (κ3) is 4.20. The number of nitrogens with one attached hydrogen (secondary N) is 1. The Kier molecular flexibility index (Phi) is 5.25. The molecule has 30 heavy (non-hydrogen) atoms. The zero-order chi connectivity index (χ0) is 20.9. The van der Waals surface area contributed by atoms with E-state index in [9.17, 15) is 10.1 Å². The molecular weight excluding hydrogens is 382 g/mol. The van der Waals surface area contributed by atoms with Crippen LogP contribution in [-0.4, -0.2) is 30.9 Å². The molecule has 0 radical (unpaired) electrons. The molecule has 0 saturated carbocycles. The fraction of sp³-hybridized carbons (Fsp3) is 0.0476. The number of nitrogens with zero attached hydrogens (tertiary/aromatic N) is 6. The van der Waals surface area contributed by atoms with Crippen molar-refractivity contribution in [1.29, 1.82) is 0 Å². The van der Waals surface area contributed by atoms with Gasteiger partial charge in [0.1, 0.15) is 6.33 Å². The topological polar surface area (TPSA) is 111 Å². The Balaban J connectivity index is 1.57. The van der Waals surface area contributed by atoms with E-state index in [0.717, 1.165) is 17.0 Å². The van der Waals surface area contributed by atoms with Gasteiger partial charge in [-0.2, -0.15) is 10.2 Å². The zero-order valence-electron chi connectivity index (χ0n) is 16.0. The first-order chi connectivity index (χ1) is 14.6. The third-order valence-electron chi connectivity index (χ3n) is 4.24. The number of benzene rings is 2. The molecule has 0 saturated heterocycles. The summed E-state index contributed by atoms with van der Waals surface area (Å²) >= 11 is 0. The van der Waals surface area contributed by atoms with Crippen molar-refractivity contribution in [2.45, 2.75) is 6.92 Å². The Labute approximate surface area is 171 Å². The maximum Gasteiger partial charge on any atom is 0.270 e. The first-order valence-electron chi connectivity index (χ1n) is 9.08. The lowest BCUT2D eigenvalue weighted by molar-refractivity contribution is -0.384. The lowest BCUT2D eigenvalue weighted by Gasteiger charge is -2.07. The standard InChI is InChI=1S/C21H17N7O2/c1-15-10-19(17-7-3-2-4-8-17)27(26-15)21-12-20(22-14-23-21)25-24-13-16-6-5-9-18(11-16)28(29)30/h2-14H,1H3,(H,22,23,25)/b24-13+. The number of rotatable bonds is 6. The minimum Gasteiger partial charge on any atom is -0.261 e. The number of hydrogen-bond acceptors (Lipinski definition) is 7. The summed E-state index contributed by atoms with van der Waals surface area (Å²) in [6.07, 6.45) is 2.91. The summed E-state index contributed by atoms with van der Waals surface area (Å²) in [7, 11) is 0. The molecule has 2 heterocycles. The van der Waals surface area contributed by atoms with Gasteiger partial charge in [0.05, 0.1) is 22.5 Å². The second kappa shape index (κ2) is 8.31. The number of aromatic nitrogens is 4. The van der Waals surface area contributed by atoms with Crippen molar-refractivity contribution in [3.63, 3.8) is 0 Å². The summed E-state index contributed by atoms with van der Waals surface area (Å²) in [6.45, 7) is 1.92. The number of hydrazone groups is 1. The van der Waals surface area contributed by atoms with Gasteiger partial charge in [-0.25, -0.2) is 14.6 Å². The van der Waals surface area contributed by atoms with Crippen LogP contribution in [-0.2, 0) is 0 Å². The lowest BCUT2D eigenvalue weighted by atomic mass is 10.1. The fourth-order valence-electron chi connectivity index (χ4n) is 2.90. The molecule has 2 aromatic carbocycles. The van der Waals surface area contributed by atoms with Crippen molar-refractivity contribution in [3.8, 4) is 17.1 Å². The van der Waals surface area contributed by atoms with Crippen LogP contribution in [0.5, 0.6) is 0 Å². The molecule has 148 valence electrons. The van der Waals surface area contributed by atoms with E-state index in [-0.39, 0.29) is 5.69 Å². The van der Waals surface area contributed by atoms with Crippen molar-refractivity contribution >= 4 is 17.7 Å². The Hall–Kier alpha value is -4.40. The van der Waals surface area contributed by atoms with Crippen LogP contribution in [0.4, 0.5) is 11.5 Å². The summed E-state index contributed by atoms with van der Waals surface area (Å²) < 4.78 is 1.75. The molecule has 1 N–H and O–H groups in total. The van der Waals surface area contributed by atoms with Gasteiger partial charge in [-0.15, -0.1) is 0 Å². The van der Waals surface area contributed by atoms with Gasteiger partial charge in [0.15, 0.2) is 11.6 Å². The largest absolute Gasteiger partial charge is 0.270 e. The lowest BCUT2D eigenvalue weighted by Crippen LogP contribution is -2.04. The van der Waals surface area contributed by atoms with E-state index < -0.39 is 4.92 Å². The van der Waals surface area contributed by atoms with Crippen LogP contribution in [0.15, 0.2) is 78.2 Å². The number of anilines is 1. The molecule has 0 aliphatic heterocycles. The number of non-ortho nitro benzene ring substituents is 1. The van der Waals surface area contributed by atoms with Crippen molar-refractivity contribution in [2.24, 2.45) is 5.10 Å². The van der Waals surface area contributed by atoms with Crippen LogP contribution in [0.25, 0.3) is 17.1 Å². The third-order valence-corrected chi connectivity index (χ3v) is 4.24. The predicted molar refractivity (Wildman–Crippen MR) is 114 cm³/mol. The van der Waals surface area contributed by atoms with Crippen LogP contribution in [0, 0.1) is 17.0 Å². The van der Waals surface area contributed by atoms with Crippen molar-refractivity contribution < 1.29 is 4.92 Å². The highest BCUT2D eigenvalue weighted by Gasteiger charge is 2.11. The highest BCUT2D eigenvalue weighted by molar-refractivity contribution is 5.81. The smallest absolute Gasteiger partial charge is 0.261 e. The summed E-state index contributed by atoms with van der Waals surface area (Å²) in [6, 6.07) is 19.8. The van der Waals surface area contributed by atoms with E-state index in [0.29, 0.717) is 17.2 Å². The predicted octanol–water partition coefficient (Wildman–Crippen LogP) is 3.99. The highest BCUT2D eigenvalue weighted by atomic mass is 16.6. The van der Waals surface area contributed by atoms with Gasteiger partial charge in [-0.05, 0) is 13.0 Å². The normalized spacial score (nSPS) is 11.0. The molecular formula is C21H17N7O2. The van der Waals surface area contributed by atoms with Crippen LogP contribution in [0.1, 0.15) is 11.3 Å². The van der Waals surface area contributed by atoms with E-state index in [4.69, 9.17) is 0 Å². The first kappa shape index (κ1) is 18.9. The second-order valence-electron chi connectivity index (χ2n) is 6.43. The molecule has 0 atom stereocenters. The minimum absolute atomic E-state index is 0.00534. The molecule has 0 aliphatic rings. The van der Waals surface area contributed by atoms with E-state index >= 15 is 0 Å². The molecule has 0 bridgehead atoms. The van der Waals surface area contributed by atoms with Gasteiger partial charge >= 0.3 is 0 Å². The van der Waals surface area contributed by atoms with Crippen molar-refractivity contribution in [1.82, 2.24) is 19.7 Å². The van der Waals surface area contributed by atoms with Gasteiger partial charge in [-0.3, -0.25) is 15.5 Å². The Morgan fingerprint density at radius 3 is 2.70 bits per heavy atom. The average molecular weight is 399 g/mol.